The van der Waals surface area contributed by atoms with E-state index < -0.39 is 5.91 Å². The first-order valence-electron chi connectivity index (χ1n) is 10.6. The number of ether oxygens (including phenoxy) is 2. The van der Waals surface area contributed by atoms with Crippen molar-refractivity contribution in [3.8, 4) is 17.4 Å². The number of aromatic nitrogens is 1. The van der Waals surface area contributed by atoms with E-state index in [0.29, 0.717) is 35.1 Å². The lowest BCUT2D eigenvalue weighted by atomic mass is 10.2. The zero-order chi connectivity index (χ0) is 22.3. The SMILES string of the molecule is NC(=O)c1ccc(Oc2ccc(C(=O)NCc3ccnc(OC4CCCC4)c3)cc2)cc1. The highest BCUT2D eigenvalue weighted by atomic mass is 16.5. The van der Waals surface area contributed by atoms with Crippen molar-refractivity contribution in [1.82, 2.24) is 10.3 Å². The van der Waals surface area contributed by atoms with E-state index in [9.17, 15) is 9.59 Å². The molecule has 0 atom stereocenters. The van der Waals surface area contributed by atoms with Crippen LogP contribution in [-0.2, 0) is 6.54 Å². The van der Waals surface area contributed by atoms with Crippen LogP contribution in [0.3, 0.4) is 0 Å². The molecule has 4 rings (SSSR count). The number of carbonyl (C=O) groups is 2. The summed E-state index contributed by atoms with van der Waals surface area (Å²) in [6.45, 7) is 0.382. The highest BCUT2D eigenvalue weighted by molar-refractivity contribution is 5.94. The standard InChI is InChI=1S/C25H25N3O4/c26-24(29)18-5-9-21(10-6-18)31-22-11-7-19(8-12-22)25(30)28-16-17-13-14-27-23(15-17)32-20-3-1-2-4-20/h5-15,20H,1-4,16H2,(H2,26,29)(H,28,30). The number of amides is 2. The smallest absolute Gasteiger partial charge is 0.251 e. The summed E-state index contributed by atoms with van der Waals surface area (Å²) in [6, 6.07) is 17.1. The molecule has 7 heteroatoms. The van der Waals surface area contributed by atoms with Gasteiger partial charge in [0.05, 0.1) is 0 Å². The second kappa shape index (κ2) is 9.96. The van der Waals surface area contributed by atoms with Gasteiger partial charge in [0.2, 0.25) is 11.8 Å². The van der Waals surface area contributed by atoms with Crippen molar-refractivity contribution in [3.63, 3.8) is 0 Å². The van der Waals surface area contributed by atoms with E-state index in [0.717, 1.165) is 18.4 Å². The van der Waals surface area contributed by atoms with Gasteiger partial charge in [-0.2, -0.15) is 0 Å². The Kier molecular flexibility index (Phi) is 6.65. The van der Waals surface area contributed by atoms with Crippen LogP contribution >= 0.6 is 0 Å². The van der Waals surface area contributed by atoms with E-state index in [4.69, 9.17) is 15.2 Å². The molecule has 2 aromatic carbocycles. The lowest BCUT2D eigenvalue weighted by molar-refractivity contribution is 0.0949. The molecular weight excluding hydrogens is 406 g/mol. The summed E-state index contributed by atoms with van der Waals surface area (Å²) in [5.74, 6) is 1.08. The van der Waals surface area contributed by atoms with Crippen LogP contribution in [0.2, 0.25) is 0 Å². The van der Waals surface area contributed by atoms with Gasteiger partial charge >= 0.3 is 0 Å². The molecule has 0 radical (unpaired) electrons. The molecule has 0 spiro atoms. The van der Waals surface area contributed by atoms with Gasteiger partial charge in [-0.15, -0.1) is 0 Å². The van der Waals surface area contributed by atoms with Gasteiger partial charge in [0.1, 0.15) is 17.6 Å². The first-order chi connectivity index (χ1) is 15.6. The number of hydrogen-bond acceptors (Lipinski definition) is 5. The molecule has 32 heavy (non-hydrogen) atoms. The third-order valence-electron chi connectivity index (χ3n) is 5.33. The summed E-state index contributed by atoms with van der Waals surface area (Å²) in [5, 5.41) is 2.92. The molecule has 1 fully saturated rings. The quantitative estimate of drug-likeness (QED) is 0.556. The number of nitrogens with zero attached hydrogens (tertiary/aromatic N) is 1. The summed E-state index contributed by atoms with van der Waals surface area (Å²) in [4.78, 5) is 27.9. The Morgan fingerprint density at radius 2 is 1.56 bits per heavy atom. The van der Waals surface area contributed by atoms with Crippen LogP contribution < -0.4 is 20.5 Å². The minimum absolute atomic E-state index is 0.183. The van der Waals surface area contributed by atoms with Crippen molar-refractivity contribution in [2.75, 3.05) is 0 Å². The summed E-state index contributed by atoms with van der Waals surface area (Å²) < 4.78 is 11.7. The average molecular weight is 431 g/mol. The molecule has 1 heterocycles. The van der Waals surface area contributed by atoms with Crippen molar-refractivity contribution < 1.29 is 19.1 Å². The predicted octanol–water partition coefficient (Wildman–Crippen LogP) is 4.22. The minimum atomic E-state index is -0.490. The van der Waals surface area contributed by atoms with Crippen LogP contribution in [-0.4, -0.2) is 22.9 Å². The van der Waals surface area contributed by atoms with Crippen molar-refractivity contribution in [3.05, 3.63) is 83.6 Å². The second-order valence-corrected chi connectivity index (χ2v) is 7.72. The second-order valence-electron chi connectivity index (χ2n) is 7.72. The maximum absolute atomic E-state index is 12.5. The molecule has 3 N–H and O–H groups in total. The summed E-state index contributed by atoms with van der Waals surface area (Å²) >= 11 is 0. The molecule has 1 aliphatic carbocycles. The first-order valence-corrected chi connectivity index (χ1v) is 10.6. The highest BCUT2D eigenvalue weighted by Crippen LogP contribution is 2.24. The van der Waals surface area contributed by atoms with E-state index in [1.807, 2.05) is 12.1 Å². The zero-order valence-corrected chi connectivity index (χ0v) is 17.6. The van der Waals surface area contributed by atoms with Gasteiger partial charge in [0, 0.05) is 29.9 Å². The van der Waals surface area contributed by atoms with Crippen molar-refractivity contribution in [2.24, 2.45) is 5.73 Å². The van der Waals surface area contributed by atoms with E-state index in [1.165, 1.54) is 12.8 Å². The molecule has 0 unspecified atom stereocenters. The van der Waals surface area contributed by atoms with Gasteiger partial charge in [-0.05, 0) is 85.8 Å². The number of nitrogens with one attached hydrogen (secondary N) is 1. The van der Waals surface area contributed by atoms with E-state index >= 15 is 0 Å². The molecule has 2 amide bonds. The summed E-state index contributed by atoms with van der Waals surface area (Å²) in [6.07, 6.45) is 6.49. The Morgan fingerprint density at radius 1 is 0.938 bits per heavy atom. The third-order valence-corrected chi connectivity index (χ3v) is 5.33. The number of benzene rings is 2. The van der Waals surface area contributed by atoms with Gasteiger partial charge < -0.3 is 20.5 Å². The van der Waals surface area contributed by atoms with Gasteiger partial charge in [-0.3, -0.25) is 9.59 Å². The zero-order valence-electron chi connectivity index (χ0n) is 17.6. The van der Waals surface area contributed by atoms with Crippen LogP contribution in [0.1, 0.15) is 52.0 Å². The fraction of sp³-hybridized carbons (Fsp3) is 0.240. The number of hydrogen-bond donors (Lipinski definition) is 2. The Labute approximate surface area is 186 Å². The van der Waals surface area contributed by atoms with Crippen LogP contribution in [0.5, 0.6) is 17.4 Å². The van der Waals surface area contributed by atoms with Crippen molar-refractivity contribution in [2.45, 2.75) is 38.3 Å². The molecular formula is C25H25N3O4. The maximum Gasteiger partial charge on any atom is 0.251 e. The van der Waals surface area contributed by atoms with Gasteiger partial charge in [-0.25, -0.2) is 4.98 Å². The molecule has 1 aliphatic rings. The van der Waals surface area contributed by atoms with Gasteiger partial charge in [-0.1, -0.05) is 0 Å². The molecule has 164 valence electrons. The Hall–Kier alpha value is -3.87. The van der Waals surface area contributed by atoms with Crippen LogP contribution in [0.25, 0.3) is 0 Å². The predicted molar refractivity (Wildman–Crippen MR) is 120 cm³/mol. The molecule has 0 aliphatic heterocycles. The van der Waals surface area contributed by atoms with Gasteiger partial charge in [0.25, 0.3) is 5.91 Å². The minimum Gasteiger partial charge on any atom is -0.474 e. The van der Waals surface area contributed by atoms with E-state index in [2.05, 4.69) is 10.3 Å². The lowest BCUT2D eigenvalue weighted by Crippen LogP contribution is -2.22. The highest BCUT2D eigenvalue weighted by Gasteiger charge is 2.17. The fourth-order valence-electron chi connectivity index (χ4n) is 3.58. The number of primary amides is 1. The molecule has 1 aromatic heterocycles. The number of carbonyl (C=O) groups excluding carboxylic acids is 2. The van der Waals surface area contributed by atoms with Crippen molar-refractivity contribution >= 4 is 11.8 Å². The van der Waals surface area contributed by atoms with Crippen molar-refractivity contribution in [1.29, 1.82) is 0 Å². The first kappa shape index (κ1) is 21.4. The number of pyridine rings is 1. The summed E-state index contributed by atoms with van der Waals surface area (Å²) in [7, 11) is 0. The molecule has 0 bridgehead atoms. The Morgan fingerprint density at radius 3 is 2.19 bits per heavy atom. The molecule has 1 saturated carbocycles. The van der Waals surface area contributed by atoms with Gasteiger partial charge in [0.15, 0.2) is 0 Å². The summed E-state index contributed by atoms with van der Waals surface area (Å²) in [5.41, 5.74) is 7.11. The molecule has 3 aromatic rings. The van der Waals surface area contributed by atoms with Crippen LogP contribution in [0.4, 0.5) is 0 Å². The Balaban J connectivity index is 1.30. The maximum atomic E-state index is 12.5. The lowest BCUT2D eigenvalue weighted by Gasteiger charge is -2.13. The number of rotatable bonds is 8. The Bertz CT molecular complexity index is 1080. The van der Waals surface area contributed by atoms with E-state index in [-0.39, 0.29) is 12.0 Å². The molecule has 0 saturated heterocycles. The average Bonchev–Trinajstić information content (AvgIpc) is 3.32. The largest absolute Gasteiger partial charge is 0.474 e. The topological polar surface area (TPSA) is 104 Å². The third kappa shape index (κ3) is 5.63. The normalized spacial score (nSPS) is 13.5. The van der Waals surface area contributed by atoms with E-state index in [1.54, 1.807) is 54.7 Å². The number of nitrogens with two attached hydrogens (primary N) is 1. The van der Waals surface area contributed by atoms with Crippen LogP contribution in [0, 0.1) is 0 Å². The fourth-order valence-corrected chi connectivity index (χ4v) is 3.58. The molecule has 7 nitrogen and oxygen atoms in total. The van der Waals surface area contributed by atoms with Crippen LogP contribution in [0.15, 0.2) is 66.9 Å². The monoisotopic (exact) mass is 431 g/mol.